The lowest BCUT2D eigenvalue weighted by Gasteiger charge is -2.24. The summed E-state index contributed by atoms with van der Waals surface area (Å²) in [5.74, 6) is -0.473. The molecule has 1 fully saturated rings. The molecule has 5 rings (SSSR count). The Balaban J connectivity index is 1.81. The molecule has 0 radical (unpaired) electrons. The molecular weight excluding hydrogens is 388 g/mol. The lowest BCUT2D eigenvalue weighted by atomic mass is 9.81. The van der Waals surface area contributed by atoms with E-state index in [1.807, 2.05) is 12.1 Å². The van der Waals surface area contributed by atoms with E-state index >= 15 is 0 Å². The first-order chi connectivity index (χ1) is 15.0. The van der Waals surface area contributed by atoms with Crippen LogP contribution in [0.25, 0.3) is 22.2 Å². The number of fused-ring (bicyclic) bond motifs is 5. The van der Waals surface area contributed by atoms with Crippen molar-refractivity contribution in [1.29, 1.82) is 0 Å². The van der Waals surface area contributed by atoms with Crippen LogP contribution in [0.1, 0.15) is 66.4 Å². The Hall–Kier alpha value is -3.08. The quantitative estimate of drug-likeness (QED) is 0.623. The minimum absolute atomic E-state index is 0.0387. The molecule has 0 saturated heterocycles. The van der Waals surface area contributed by atoms with Crippen LogP contribution in [-0.2, 0) is 17.8 Å². The van der Waals surface area contributed by atoms with E-state index in [9.17, 15) is 14.7 Å². The third-order valence-corrected chi connectivity index (χ3v) is 6.91. The number of rotatable bonds is 3. The smallest absolute Gasteiger partial charge is 0.335 e. The van der Waals surface area contributed by atoms with Gasteiger partial charge in [-0.15, -0.1) is 0 Å². The zero-order valence-corrected chi connectivity index (χ0v) is 17.9. The van der Waals surface area contributed by atoms with Gasteiger partial charge in [-0.05, 0) is 48.4 Å². The molecule has 1 amide bonds. The zero-order valence-electron chi connectivity index (χ0n) is 17.9. The van der Waals surface area contributed by atoms with Crippen molar-refractivity contribution in [2.24, 2.45) is 0 Å². The van der Waals surface area contributed by atoms with Crippen LogP contribution in [-0.4, -0.2) is 27.6 Å². The SMILES string of the molecule is CC(=O)NC1Cc2ccccc2-c2c(C3CCCCC3)c3ccc(C(=O)O)cc3n2C1. The maximum atomic E-state index is 11.9. The van der Waals surface area contributed by atoms with E-state index in [2.05, 4.69) is 34.1 Å². The van der Waals surface area contributed by atoms with E-state index in [1.54, 1.807) is 13.0 Å². The summed E-state index contributed by atoms with van der Waals surface area (Å²) >= 11 is 0. The molecule has 1 unspecified atom stereocenters. The molecule has 3 aromatic rings. The van der Waals surface area contributed by atoms with Gasteiger partial charge in [-0.1, -0.05) is 49.6 Å². The van der Waals surface area contributed by atoms with Gasteiger partial charge in [0.25, 0.3) is 0 Å². The monoisotopic (exact) mass is 416 g/mol. The predicted molar refractivity (Wildman–Crippen MR) is 121 cm³/mol. The number of hydrogen-bond acceptors (Lipinski definition) is 2. The molecule has 1 aliphatic heterocycles. The number of hydrogen-bond donors (Lipinski definition) is 2. The molecule has 0 bridgehead atoms. The van der Waals surface area contributed by atoms with E-state index in [-0.39, 0.29) is 11.9 Å². The third kappa shape index (κ3) is 3.52. The molecule has 5 nitrogen and oxygen atoms in total. The molecule has 0 spiro atoms. The van der Waals surface area contributed by atoms with Gasteiger partial charge in [0.2, 0.25) is 5.91 Å². The van der Waals surface area contributed by atoms with Crippen LogP contribution in [0.5, 0.6) is 0 Å². The summed E-state index contributed by atoms with van der Waals surface area (Å²) in [7, 11) is 0. The van der Waals surface area contributed by atoms with Crippen molar-refractivity contribution in [3.63, 3.8) is 0 Å². The second-order valence-corrected chi connectivity index (χ2v) is 9.00. The van der Waals surface area contributed by atoms with Gasteiger partial charge in [0, 0.05) is 29.9 Å². The van der Waals surface area contributed by atoms with Crippen LogP contribution in [0.2, 0.25) is 0 Å². The van der Waals surface area contributed by atoms with Crippen molar-refractivity contribution in [1.82, 2.24) is 9.88 Å². The van der Waals surface area contributed by atoms with Gasteiger partial charge >= 0.3 is 5.97 Å². The Bertz CT molecular complexity index is 1170. The second kappa shape index (κ2) is 7.88. The Kier molecular flexibility index (Phi) is 5.05. The number of nitrogens with one attached hydrogen (secondary N) is 1. The second-order valence-electron chi connectivity index (χ2n) is 9.00. The summed E-state index contributed by atoms with van der Waals surface area (Å²) in [6.45, 7) is 2.19. The van der Waals surface area contributed by atoms with Gasteiger partial charge in [-0.25, -0.2) is 4.79 Å². The largest absolute Gasteiger partial charge is 0.478 e. The number of nitrogens with zero attached hydrogens (tertiary/aromatic N) is 1. The van der Waals surface area contributed by atoms with Gasteiger partial charge in [-0.3, -0.25) is 4.79 Å². The number of aromatic nitrogens is 1. The molecular formula is C26H28N2O3. The van der Waals surface area contributed by atoms with Crippen LogP contribution >= 0.6 is 0 Å². The fourth-order valence-corrected chi connectivity index (χ4v) is 5.66. The molecule has 1 saturated carbocycles. The first-order valence-electron chi connectivity index (χ1n) is 11.3. The summed E-state index contributed by atoms with van der Waals surface area (Å²) in [6, 6.07) is 14.0. The lowest BCUT2D eigenvalue weighted by molar-refractivity contribution is -0.119. The highest BCUT2D eigenvalue weighted by Crippen LogP contribution is 2.46. The number of carboxylic acid groups (broad SMARTS) is 1. The standard InChI is InChI=1S/C26H28N2O3/c1-16(29)27-20-13-18-9-5-6-10-21(18)25-24(17-7-3-2-4-8-17)22-12-11-19(26(30)31)14-23(22)28(25)15-20/h5-6,9-12,14,17,20H,2-4,7-8,13,15H2,1H3,(H,27,29)(H,30,31). The van der Waals surface area contributed by atoms with Crippen molar-refractivity contribution in [3.8, 4) is 11.3 Å². The van der Waals surface area contributed by atoms with Crippen LogP contribution in [0.3, 0.4) is 0 Å². The normalized spacial score (nSPS) is 18.8. The average Bonchev–Trinajstić information content (AvgIpc) is 2.98. The molecule has 1 atom stereocenters. The molecule has 2 aliphatic rings. The number of carbonyl (C=O) groups is 2. The van der Waals surface area contributed by atoms with Crippen LogP contribution in [0.15, 0.2) is 42.5 Å². The number of aromatic carboxylic acids is 1. The highest BCUT2D eigenvalue weighted by molar-refractivity contribution is 5.98. The molecule has 31 heavy (non-hydrogen) atoms. The minimum atomic E-state index is -0.913. The third-order valence-electron chi connectivity index (χ3n) is 6.91. The summed E-state index contributed by atoms with van der Waals surface area (Å²) in [4.78, 5) is 23.6. The van der Waals surface area contributed by atoms with E-state index in [4.69, 9.17) is 0 Å². The van der Waals surface area contributed by atoms with Crippen LogP contribution in [0, 0.1) is 0 Å². The van der Waals surface area contributed by atoms with E-state index in [1.165, 1.54) is 54.5 Å². The summed E-state index contributed by atoms with van der Waals surface area (Å²) in [5, 5.41) is 13.9. The van der Waals surface area contributed by atoms with Gasteiger partial charge in [0.15, 0.2) is 0 Å². The van der Waals surface area contributed by atoms with Crippen molar-refractivity contribution in [2.75, 3.05) is 0 Å². The first kappa shape index (κ1) is 19.9. The molecule has 1 aliphatic carbocycles. The van der Waals surface area contributed by atoms with Gasteiger partial charge in [0.1, 0.15) is 0 Å². The summed E-state index contributed by atoms with van der Waals surface area (Å²) < 4.78 is 2.28. The zero-order chi connectivity index (χ0) is 21.5. The van der Waals surface area contributed by atoms with Crippen molar-refractivity contribution >= 4 is 22.8 Å². The average molecular weight is 417 g/mol. The summed E-state index contributed by atoms with van der Waals surface area (Å²) in [6.07, 6.45) is 6.87. The fourth-order valence-electron chi connectivity index (χ4n) is 5.66. The highest BCUT2D eigenvalue weighted by atomic mass is 16.4. The van der Waals surface area contributed by atoms with E-state index in [0.717, 1.165) is 17.3 Å². The Morgan fingerprint density at radius 2 is 1.84 bits per heavy atom. The Morgan fingerprint density at radius 3 is 2.58 bits per heavy atom. The van der Waals surface area contributed by atoms with Crippen LogP contribution < -0.4 is 5.32 Å². The predicted octanol–water partition coefficient (Wildman–Crippen LogP) is 5.12. The minimum Gasteiger partial charge on any atom is -0.478 e. The number of benzene rings is 2. The maximum absolute atomic E-state index is 11.9. The van der Waals surface area contributed by atoms with Crippen molar-refractivity contribution in [2.45, 2.75) is 64.0 Å². The molecule has 2 aromatic carbocycles. The molecule has 1 aromatic heterocycles. The highest BCUT2D eigenvalue weighted by Gasteiger charge is 2.31. The number of carboxylic acids is 1. The van der Waals surface area contributed by atoms with E-state index in [0.29, 0.717) is 18.0 Å². The fraction of sp³-hybridized carbons (Fsp3) is 0.385. The Labute approximate surface area is 182 Å². The van der Waals surface area contributed by atoms with Gasteiger partial charge in [-0.2, -0.15) is 0 Å². The molecule has 160 valence electrons. The van der Waals surface area contributed by atoms with Gasteiger partial charge < -0.3 is 15.0 Å². The van der Waals surface area contributed by atoms with Gasteiger partial charge in [0.05, 0.1) is 17.3 Å². The topological polar surface area (TPSA) is 71.3 Å². The van der Waals surface area contributed by atoms with Crippen LogP contribution in [0.4, 0.5) is 0 Å². The first-order valence-corrected chi connectivity index (χ1v) is 11.3. The number of carbonyl (C=O) groups excluding carboxylic acids is 1. The molecule has 2 N–H and O–H groups in total. The van der Waals surface area contributed by atoms with E-state index < -0.39 is 5.97 Å². The lowest BCUT2D eigenvalue weighted by Crippen LogP contribution is -2.37. The Morgan fingerprint density at radius 1 is 1.06 bits per heavy atom. The van der Waals surface area contributed by atoms with Crippen molar-refractivity contribution in [3.05, 3.63) is 59.2 Å². The summed E-state index contributed by atoms with van der Waals surface area (Å²) in [5.41, 5.74) is 6.29. The number of amides is 1. The maximum Gasteiger partial charge on any atom is 0.335 e. The molecule has 5 heteroatoms. The molecule has 2 heterocycles. The van der Waals surface area contributed by atoms with Crippen molar-refractivity contribution < 1.29 is 14.7 Å².